The maximum Gasteiger partial charge on any atom is 0.340 e. The van der Waals surface area contributed by atoms with Gasteiger partial charge in [0, 0.05) is 13.1 Å². The van der Waals surface area contributed by atoms with Crippen LogP contribution in [0.15, 0.2) is 53.4 Å². The Kier molecular flexibility index (Phi) is 5.86. The zero-order valence-electron chi connectivity index (χ0n) is 16.0. The molecular formula is C21H24N2O4S. The number of esters is 1. The summed E-state index contributed by atoms with van der Waals surface area (Å²) in [6.07, 6.45) is 3.97. The molecule has 148 valence electrons. The molecule has 2 N–H and O–H groups in total. The van der Waals surface area contributed by atoms with Gasteiger partial charge in [0.1, 0.15) is 0 Å². The summed E-state index contributed by atoms with van der Waals surface area (Å²) in [7, 11) is -2.64. The summed E-state index contributed by atoms with van der Waals surface area (Å²) in [5.41, 5.74) is 4.60. The van der Waals surface area contributed by atoms with Crippen LogP contribution in [0.1, 0.15) is 34.8 Å². The van der Waals surface area contributed by atoms with Gasteiger partial charge in [-0.25, -0.2) is 18.4 Å². The molecule has 2 aromatic rings. The summed E-state index contributed by atoms with van der Waals surface area (Å²) in [4.78, 5) is 14.1. The Balaban J connectivity index is 1.88. The Hall–Kier alpha value is -2.64. The fourth-order valence-electron chi connectivity index (χ4n) is 3.35. The summed E-state index contributed by atoms with van der Waals surface area (Å²) in [6, 6.07) is 12.9. The molecule has 2 aromatic carbocycles. The number of anilines is 1. The first kappa shape index (κ1) is 20.1. The number of hydrogen-bond donors (Lipinski definition) is 1. The molecule has 0 fully saturated rings. The van der Waals surface area contributed by atoms with Gasteiger partial charge in [-0.2, -0.15) is 0 Å². The van der Waals surface area contributed by atoms with Gasteiger partial charge < -0.3 is 9.64 Å². The molecule has 1 aliphatic rings. The number of rotatable bonds is 5. The summed E-state index contributed by atoms with van der Waals surface area (Å²) < 4.78 is 28.1. The van der Waals surface area contributed by atoms with Gasteiger partial charge in [-0.15, -0.1) is 0 Å². The largest absolute Gasteiger partial charge is 0.465 e. The molecular weight excluding hydrogens is 376 g/mol. The fourth-order valence-corrected chi connectivity index (χ4v) is 3.89. The molecule has 1 heterocycles. The predicted molar refractivity (Wildman–Crippen MR) is 110 cm³/mol. The summed E-state index contributed by atoms with van der Waals surface area (Å²) in [5, 5.41) is 5.20. The van der Waals surface area contributed by atoms with E-state index in [9.17, 15) is 13.2 Å². The minimum absolute atomic E-state index is 0.110. The van der Waals surface area contributed by atoms with Gasteiger partial charge in [-0.1, -0.05) is 37.3 Å². The predicted octanol–water partition coefficient (Wildman–Crippen LogP) is 2.98. The first-order valence-corrected chi connectivity index (χ1v) is 10.7. The van der Waals surface area contributed by atoms with Crippen LogP contribution in [0.3, 0.4) is 0 Å². The van der Waals surface area contributed by atoms with Crippen molar-refractivity contribution in [3.05, 3.63) is 65.2 Å². The van der Waals surface area contributed by atoms with Crippen LogP contribution in [-0.4, -0.2) is 34.6 Å². The zero-order valence-corrected chi connectivity index (χ0v) is 16.8. The molecule has 0 bridgehead atoms. The topological polar surface area (TPSA) is 89.7 Å². The van der Waals surface area contributed by atoms with Crippen LogP contribution in [0, 0.1) is 0 Å². The van der Waals surface area contributed by atoms with E-state index in [0.717, 1.165) is 12.8 Å². The average molecular weight is 401 g/mol. The van der Waals surface area contributed by atoms with Crippen molar-refractivity contribution in [2.75, 3.05) is 25.1 Å². The Bertz CT molecular complexity index is 1010. The smallest absolute Gasteiger partial charge is 0.340 e. The molecule has 0 aromatic heterocycles. The van der Waals surface area contributed by atoms with Crippen LogP contribution in [0.4, 0.5) is 5.69 Å². The van der Waals surface area contributed by atoms with E-state index >= 15 is 0 Å². The standard InChI is InChI=1S/C21H24N2O4S/c1-3-15-4-6-16(7-5-15)17-10-12-23(13-11-17)20-9-8-18(28(22,25)26)14-19(20)21(24)27-2/h4-10,14H,3,11-13H2,1-2H3,(H2,22,25,26). The number of nitrogens with zero attached hydrogens (tertiary/aromatic N) is 1. The van der Waals surface area contributed by atoms with Crippen molar-refractivity contribution in [2.24, 2.45) is 5.14 Å². The number of aryl methyl sites for hydroxylation is 1. The van der Waals surface area contributed by atoms with Crippen molar-refractivity contribution in [3.8, 4) is 0 Å². The molecule has 7 heteroatoms. The Morgan fingerprint density at radius 3 is 2.43 bits per heavy atom. The molecule has 0 aliphatic carbocycles. The number of primary sulfonamides is 1. The van der Waals surface area contributed by atoms with E-state index in [-0.39, 0.29) is 10.5 Å². The number of carbonyl (C=O) groups is 1. The molecule has 0 atom stereocenters. The van der Waals surface area contributed by atoms with Crippen molar-refractivity contribution >= 4 is 27.3 Å². The Labute approximate surface area is 165 Å². The highest BCUT2D eigenvalue weighted by Gasteiger charge is 2.22. The van der Waals surface area contributed by atoms with Crippen LogP contribution in [-0.2, 0) is 21.2 Å². The van der Waals surface area contributed by atoms with Crippen molar-refractivity contribution in [3.63, 3.8) is 0 Å². The maximum atomic E-state index is 12.2. The van der Waals surface area contributed by atoms with E-state index in [1.54, 1.807) is 6.07 Å². The highest BCUT2D eigenvalue weighted by molar-refractivity contribution is 7.89. The quantitative estimate of drug-likeness (QED) is 0.780. The number of nitrogens with two attached hydrogens (primary N) is 1. The molecule has 3 rings (SSSR count). The molecule has 1 aliphatic heterocycles. The normalized spacial score (nSPS) is 14.5. The van der Waals surface area contributed by atoms with Crippen molar-refractivity contribution in [2.45, 2.75) is 24.7 Å². The minimum Gasteiger partial charge on any atom is -0.465 e. The maximum absolute atomic E-state index is 12.2. The monoisotopic (exact) mass is 400 g/mol. The van der Waals surface area contributed by atoms with Gasteiger partial charge in [-0.3, -0.25) is 0 Å². The number of methoxy groups -OCH3 is 1. The van der Waals surface area contributed by atoms with Crippen molar-refractivity contribution in [1.29, 1.82) is 0 Å². The lowest BCUT2D eigenvalue weighted by molar-refractivity contribution is 0.0601. The van der Waals surface area contributed by atoms with E-state index in [1.165, 1.54) is 35.9 Å². The fraction of sp³-hybridized carbons (Fsp3) is 0.286. The van der Waals surface area contributed by atoms with Gasteiger partial charge in [0.2, 0.25) is 10.0 Å². The van der Waals surface area contributed by atoms with Crippen LogP contribution in [0.25, 0.3) is 5.57 Å². The summed E-state index contributed by atoms with van der Waals surface area (Å²) in [5.74, 6) is -0.592. The van der Waals surface area contributed by atoms with Gasteiger partial charge in [0.05, 0.1) is 23.3 Å². The second-order valence-corrected chi connectivity index (χ2v) is 8.25. The second kappa shape index (κ2) is 8.16. The molecule has 0 radical (unpaired) electrons. The SMILES string of the molecule is CCc1ccc(C2=CCN(c3ccc(S(N)(=O)=O)cc3C(=O)OC)CC2)cc1. The molecule has 0 saturated carbocycles. The third kappa shape index (κ3) is 4.26. The lowest BCUT2D eigenvalue weighted by atomic mass is 9.97. The van der Waals surface area contributed by atoms with Crippen LogP contribution in [0.2, 0.25) is 0 Å². The number of sulfonamides is 1. The van der Waals surface area contributed by atoms with E-state index in [1.807, 2.05) is 4.90 Å². The molecule has 6 nitrogen and oxygen atoms in total. The zero-order chi connectivity index (χ0) is 20.3. The Morgan fingerprint density at radius 1 is 1.18 bits per heavy atom. The summed E-state index contributed by atoms with van der Waals surface area (Å²) >= 11 is 0. The first-order valence-electron chi connectivity index (χ1n) is 9.12. The second-order valence-electron chi connectivity index (χ2n) is 6.69. The van der Waals surface area contributed by atoms with Crippen molar-refractivity contribution in [1.82, 2.24) is 0 Å². The van der Waals surface area contributed by atoms with Gasteiger partial charge in [0.15, 0.2) is 0 Å². The lowest BCUT2D eigenvalue weighted by Gasteiger charge is -2.30. The van der Waals surface area contributed by atoms with Gasteiger partial charge >= 0.3 is 5.97 Å². The Morgan fingerprint density at radius 2 is 1.89 bits per heavy atom. The number of ether oxygens (including phenoxy) is 1. The number of benzene rings is 2. The van der Waals surface area contributed by atoms with Gasteiger partial charge in [0.25, 0.3) is 0 Å². The average Bonchev–Trinajstić information content (AvgIpc) is 2.72. The molecule has 0 saturated heterocycles. The van der Waals surface area contributed by atoms with Crippen molar-refractivity contribution < 1.29 is 17.9 Å². The summed E-state index contributed by atoms with van der Waals surface area (Å²) in [6.45, 7) is 3.45. The van der Waals surface area contributed by atoms with Crippen LogP contribution >= 0.6 is 0 Å². The molecule has 0 amide bonds. The number of carbonyl (C=O) groups excluding carboxylic acids is 1. The molecule has 0 unspecified atom stereocenters. The molecule has 28 heavy (non-hydrogen) atoms. The third-order valence-electron chi connectivity index (χ3n) is 4.98. The minimum atomic E-state index is -3.90. The van der Waals surface area contributed by atoms with E-state index in [4.69, 9.17) is 9.88 Å². The first-order chi connectivity index (χ1) is 13.3. The van der Waals surface area contributed by atoms with Gasteiger partial charge in [-0.05, 0) is 47.7 Å². The van der Waals surface area contributed by atoms with E-state index in [0.29, 0.717) is 18.8 Å². The third-order valence-corrected chi connectivity index (χ3v) is 5.90. The molecule has 0 spiro atoms. The highest BCUT2D eigenvalue weighted by atomic mass is 32.2. The lowest BCUT2D eigenvalue weighted by Crippen LogP contribution is -2.30. The van der Waals surface area contributed by atoms with E-state index < -0.39 is 16.0 Å². The highest BCUT2D eigenvalue weighted by Crippen LogP contribution is 2.30. The van der Waals surface area contributed by atoms with E-state index in [2.05, 4.69) is 37.3 Å². The van der Waals surface area contributed by atoms with Crippen LogP contribution < -0.4 is 10.0 Å². The number of hydrogen-bond acceptors (Lipinski definition) is 5. The van der Waals surface area contributed by atoms with Crippen LogP contribution in [0.5, 0.6) is 0 Å².